The Labute approximate surface area is 134 Å². The van der Waals surface area contributed by atoms with Gasteiger partial charge in [0.05, 0.1) is 6.42 Å². The highest BCUT2D eigenvalue weighted by molar-refractivity contribution is 5.79. The fourth-order valence-electron chi connectivity index (χ4n) is 2.60. The van der Waals surface area contributed by atoms with Crippen LogP contribution >= 0.6 is 0 Å². The highest BCUT2D eigenvalue weighted by atomic mass is 19.3. The van der Waals surface area contributed by atoms with Crippen molar-refractivity contribution in [2.45, 2.75) is 30.8 Å². The summed E-state index contributed by atoms with van der Waals surface area (Å²) in [4.78, 5) is 23.7. The van der Waals surface area contributed by atoms with Crippen LogP contribution in [0.1, 0.15) is 18.4 Å². The molecule has 1 aromatic rings. The van der Waals surface area contributed by atoms with Gasteiger partial charge in [-0.05, 0) is 12.1 Å². The lowest BCUT2D eigenvalue weighted by atomic mass is 9.85. The largest absolute Gasteiger partial charge is 0.477 e. The van der Waals surface area contributed by atoms with Crippen molar-refractivity contribution in [3.8, 4) is 0 Å². The van der Waals surface area contributed by atoms with Crippen molar-refractivity contribution in [1.82, 2.24) is 4.90 Å². The van der Waals surface area contributed by atoms with Gasteiger partial charge in [-0.15, -0.1) is 0 Å². The number of benzene rings is 1. The van der Waals surface area contributed by atoms with Crippen LogP contribution in [-0.4, -0.2) is 51.6 Å². The van der Waals surface area contributed by atoms with Crippen LogP contribution < -0.4 is 0 Å². The molecule has 1 aromatic carbocycles. The van der Waals surface area contributed by atoms with E-state index in [0.29, 0.717) is 0 Å². The molecular weight excluding hydrogens is 334 g/mol. The predicted molar refractivity (Wildman–Crippen MR) is 73.4 cm³/mol. The van der Waals surface area contributed by atoms with Crippen molar-refractivity contribution < 1.29 is 37.4 Å². The van der Waals surface area contributed by atoms with Gasteiger partial charge in [0.15, 0.2) is 0 Å². The maximum atomic E-state index is 13.5. The van der Waals surface area contributed by atoms with Crippen molar-refractivity contribution in [1.29, 1.82) is 0 Å². The van der Waals surface area contributed by atoms with E-state index in [1.807, 2.05) is 0 Å². The number of amides is 1. The second kappa shape index (κ2) is 6.39. The van der Waals surface area contributed by atoms with E-state index in [2.05, 4.69) is 0 Å². The summed E-state index contributed by atoms with van der Waals surface area (Å²) in [5.74, 6) is -9.28. The number of hydrogen-bond acceptors (Lipinski definition) is 3. The van der Waals surface area contributed by atoms with E-state index >= 15 is 0 Å². The van der Waals surface area contributed by atoms with Crippen LogP contribution in [0.2, 0.25) is 0 Å². The molecule has 1 heterocycles. The Bertz CT molecular complexity index is 637. The Morgan fingerprint density at radius 1 is 1.17 bits per heavy atom. The van der Waals surface area contributed by atoms with Gasteiger partial charge < -0.3 is 15.1 Å². The summed E-state index contributed by atoms with van der Waals surface area (Å²) >= 11 is 0. The molecule has 1 fully saturated rings. The number of hydrogen-bond donors (Lipinski definition) is 2. The monoisotopic (exact) mass is 349 g/mol. The summed E-state index contributed by atoms with van der Waals surface area (Å²) in [5.41, 5.74) is -3.20. The van der Waals surface area contributed by atoms with Crippen molar-refractivity contribution in [2.75, 3.05) is 13.1 Å². The number of aliphatic carboxylic acids is 1. The fourth-order valence-corrected chi connectivity index (χ4v) is 2.60. The molecule has 0 aliphatic carbocycles. The molecule has 1 aliphatic rings. The molecule has 9 heteroatoms. The number of nitrogens with zero attached hydrogens (tertiary/aromatic N) is 1. The molecule has 0 atom stereocenters. The molecule has 1 saturated heterocycles. The summed E-state index contributed by atoms with van der Waals surface area (Å²) < 4.78 is 54.2. The maximum Gasteiger partial charge on any atom is 0.377 e. The molecule has 0 spiro atoms. The van der Waals surface area contributed by atoms with Gasteiger partial charge in [0.25, 0.3) is 0 Å². The van der Waals surface area contributed by atoms with Gasteiger partial charge >= 0.3 is 11.9 Å². The van der Waals surface area contributed by atoms with Crippen LogP contribution in [-0.2, 0) is 16.0 Å². The Kier molecular flexibility index (Phi) is 4.84. The zero-order valence-electron chi connectivity index (χ0n) is 12.4. The molecule has 132 valence electrons. The van der Waals surface area contributed by atoms with Gasteiger partial charge in [-0.3, -0.25) is 4.79 Å². The van der Waals surface area contributed by atoms with Crippen LogP contribution in [0.25, 0.3) is 0 Å². The molecule has 2 N–H and O–H groups in total. The first-order valence-corrected chi connectivity index (χ1v) is 7.13. The van der Waals surface area contributed by atoms with Crippen LogP contribution in [0.4, 0.5) is 17.6 Å². The summed E-state index contributed by atoms with van der Waals surface area (Å²) in [6.07, 6.45) is -1.90. The van der Waals surface area contributed by atoms with Crippen LogP contribution in [0, 0.1) is 11.6 Å². The minimum Gasteiger partial charge on any atom is -0.477 e. The molecule has 0 saturated carbocycles. The summed E-state index contributed by atoms with van der Waals surface area (Å²) in [6.45, 7) is -0.678. The molecule has 0 aromatic heterocycles. The van der Waals surface area contributed by atoms with Gasteiger partial charge in [0.1, 0.15) is 17.2 Å². The van der Waals surface area contributed by atoms with E-state index in [1.165, 1.54) is 0 Å². The van der Waals surface area contributed by atoms with Gasteiger partial charge in [-0.1, -0.05) is 6.07 Å². The molecular formula is C15H15F4NO4. The normalized spacial score (nSPS) is 17.6. The number of rotatable bonds is 4. The quantitative estimate of drug-likeness (QED) is 0.809. The number of alkyl halides is 2. The lowest BCUT2D eigenvalue weighted by Gasteiger charge is -2.40. The topological polar surface area (TPSA) is 77.8 Å². The van der Waals surface area contributed by atoms with E-state index in [1.54, 1.807) is 0 Å². The molecule has 0 bridgehead atoms. The first-order chi connectivity index (χ1) is 11.1. The maximum absolute atomic E-state index is 13.5. The standard InChI is InChI=1S/C15H15F4NO4/c16-10-2-1-3-11(17)9(10)8-12(21)20-6-4-14(24,5-7-20)15(18,19)13(22)23/h1-3,24H,4-8H2,(H,22,23). The smallest absolute Gasteiger partial charge is 0.377 e. The number of carbonyl (C=O) groups is 2. The van der Waals surface area contributed by atoms with Crippen molar-refractivity contribution in [3.63, 3.8) is 0 Å². The molecule has 24 heavy (non-hydrogen) atoms. The average Bonchev–Trinajstić information content (AvgIpc) is 2.51. The van der Waals surface area contributed by atoms with E-state index in [-0.39, 0.29) is 13.1 Å². The number of halogens is 4. The fraction of sp³-hybridized carbons (Fsp3) is 0.467. The highest BCUT2D eigenvalue weighted by Crippen LogP contribution is 2.37. The molecule has 5 nitrogen and oxygen atoms in total. The zero-order chi connectivity index (χ0) is 18.1. The van der Waals surface area contributed by atoms with Crippen molar-refractivity contribution >= 4 is 11.9 Å². The zero-order valence-corrected chi connectivity index (χ0v) is 12.4. The number of likely N-dealkylation sites (tertiary alicyclic amines) is 1. The Morgan fingerprint density at radius 2 is 1.67 bits per heavy atom. The SMILES string of the molecule is O=C(Cc1c(F)cccc1F)N1CCC(O)(C(F)(F)C(=O)O)CC1. The third-order valence-electron chi connectivity index (χ3n) is 4.19. The number of piperidine rings is 1. The second-order valence-electron chi connectivity index (χ2n) is 5.67. The second-order valence-corrected chi connectivity index (χ2v) is 5.67. The molecule has 1 aliphatic heterocycles. The molecule has 0 radical (unpaired) electrons. The number of carboxylic acid groups (broad SMARTS) is 1. The predicted octanol–water partition coefficient (Wildman–Crippen LogP) is 1.58. The molecule has 1 amide bonds. The van der Waals surface area contributed by atoms with Gasteiger partial charge in [0.2, 0.25) is 5.91 Å². The van der Waals surface area contributed by atoms with Gasteiger partial charge in [-0.25, -0.2) is 13.6 Å². The number of carbonyl (C=O) groups excluding carboxylic acids is 1. The minimum absolute atomic E-state index is 0.339. The van der Waals surface area contributed by atoms with E-state index in [0.717, 1.165) is 23.1 Å². The van der Waals surface area contributed by atoms with Gasteiger partial charge in [-0.2, -0.15) is 8.78 Å². The Hall–Kier alpha value is -2.16. The summed E-state index contributed by atoms with van der Waals surface area (Å²) in [5, 5.41) is 18.4. The van der Waals surface area contributed by atoms with Crippen LogP contribution in [0.5, 0.6) is 0 Å². The van der Waals surface area contributed by atoms with Crippen molar-refractivity contribution in [3.05, 3.63) is 35.4 Å². The third kappa shape index (κ3) is 3.21. The first-order valence-electron chi connectivity index (χ1n) is 7.13. The summed E-state index contributed by atoms with van der Waals surface area (Å²) in [6, 6.07) is 3.13. The van der Waals surface area contributed by atoms with Crippen LogP contribution in [0.3, 0.4) is 0 Å². The van der Waals surface area contributed by atoms with E-state index in [9.17, 15) is 32.3 Å². The average molecular weight is 349 g/mol. The third-order valence-corrected chi connectivity index (χ3v) is 4.19. The highest BCUT2D eigenvalue weighted by Gasteiger charge is 2.59. The lowest BCUT2D eigenvalue weighted by molar-refractivity contribution is -0.218. The lowest BCUT2D eigenvalue weighted by Crippen LogP contribution is -2.59. The Balaban J connectivity index is 2.05. The van der Waals surface area contributed by atoms with E-state index in [4.69, 9.17) is 5.11 Å². The van der Waals surface area contributed by atoms with Crippen LogP contribution in [0.15, 0.2) is 18.2 Å². The first kappa shape index (κ1) is 18.2. The van der Waals surface area contributed by atoms with E-state index < -0.39 is 59.9 Å². The van der Waals surface area contributed by atoms with Gasteiger partial charge in [0, 0.05) is 31.5 Å². The molecule has 0 unspecified atom stereocenters. The number of carboxylic acids is 1. The minimum atomic E-state index is -4.35. The molecule has 2 rings (SSSR count). The van der Waals surface area contributed by atoms with Crippen molar-refractivity contribution in [2.24, 2.45) is 0 Å². The Morgan fingerprint density at radius 3 is 2.12 bits per heavy atom. The summed E-state index contributed by atoms with van der Waals surface area (Å²) in [7, 11) is 0. The number of aliphatic hydroxyl groups is 1.